The number of hydrogen-bond donors (Lipinski definition) is 2. The van der Waals surface area contributed by atoms with Gasteiger partial charge in [-0.05, 0) is 31.7 Å². The molecule has 120 valence electrons. The molecule has 3 N–H and O–H groups in total. The van der Waals surface area contributed by atoms with E-state index in [9.17, 15) is 0 Å². The Hall–Kier alpha value is -2.74. The van der Waals surface area contributed by atoms with Crippen LogP contribution in [-0.4, -0.2) is 18.1 Å². The number of nitrogens with one attached hydrogen (secondary N) is 1. The number of hydrogen-bond acceptors (Lipinski definition) is 5. The summed E-state index contributed by atoms with van der Waals surface area (Å²) in [6.45, 7) is 3.10. The van der Waals surface area contributed by atoms with Crippen LogP contribution in [0.4, 0.5) is 11.5 Å². The molecule has 0 saturated carbocycles. The van der Waals surface area contributed by atoms with E-state index in [1.807, 2.05) is 19.1 Å². The van der Waals surface area contributed by atoms with Crippen LogP contribution >= 0.6 is 0 Å². The van der Waals surface area contributed by atoms with Crippen LogP contribution in [0.15, 0.2) is 36.4 Å². The molecule has 2 aromatic rings. The van der Waals surface area contributed by atoms with Crippen molar-refractivity contribution in [3.05, 3.63) is 47.5 Å². The van der Waals surface area contributed by atoms with Gasteiger partial charge in [0, 0.05) is 12.6 Å². The zero-order chi connectivity index (χ0) is 16.5. The van der Waals surface area contributed by atoms with Gasteiger partial charge in [-0.2, -0.15) is 10.2 Å². The molecule has 1 heterocycles. The van der Waals surface area contributed by atoms with Gasteiger partial charge in [0.25, 0.3) is 0 Å². The molecular formula is C18H22N4O. The van der Waals surface area contributed by atoms with Gasteiger partial charge in [-0.15, -0.1) is 0 Å². The molecule has 0 fully saturated rings. The highest BCUT2D eigenvalue weighted by Crippen LogP contribution is 2.25. The van der Waals surface area contributed by atoms with Gasteiger partial charge in [0.2, 0.25) is 5.88 Å². The summed E-state index contributed by atoms with van der Waals surface area (Å²) in [5.41, 5.74) is 7.92. The van der Waals surface area contributed by atoms with Gasteiger partial charge in [0.15, 0.2) is 0 Å². The molecule has 0 amide bonds. The fourth-order valence-electron chi connectivity index (χ4n) is 2.30. The minimum atomic E-state index is 0.293. The molecule has 5 nitrogen and oxygen atoms in total. The first-order chi connectivity index (χ1) is 11.2. The predicted molar refractivity (Wildman–Crippen MR) is 92.4 cm³/mol. The number of unbranched alkanes of at least 4 members (excludes halogenated alkanes) is 1. The van der Waals surface area contributed by atoms with Crippen molar-refractivity contribution in [2.24, 2.45) is 0 Å². The molecule has 0 radical (unpaired) electrons. The number of benzene rings is 1. The van der Waals surface area contributed by atoms with Gasteiger partial charge in [-0.25, -0.2) is 0 Å². The third-order valence-electron chi connectivity index (χ3n) is 3.45. The summed E-state index contributed by atoms with van der Waals surface area (Å²) in [4.78, 5) is 4.31. The van der Waals surface area contributed by atoms with E-state index in [0.717, 1.165) is 25.8 Å². The molecule has 5 heteroatoms. The minimum Gasteiger partial charge on any atom is -0.477 e. The highest BCUT2D eigenvalue weighted by molar-refractivity contribution is 5.64. The number of ether oxygens (including phenoxy) is 1. The third-order valence-corrected chi connectivity index (χ3v) is 3.45. The Bertz CT molecular complexity index is 665. The highest BCUT2D eigenvalue weighted by atomic mass is 16.5. The molecule has 1 aromatic heterocycles. The predicted octanol–water partition coefficient (Wildman–Crippen LogP) is 3.37. The zero-order valence-electron chi connectivity index (χ0n) is 13.4. The largest absolute Gasteiger partial charge is 0.477 e. The van der Waals surface area contributed by atoms with Crippen LogP contribution in [0.3, 0.4) is 0 Å². The Morgan fingerprint density at radius 3 is 2.74 bits per heavy atom. The second kappa shape index (κ2) is 8.64. The van der Waals surface area contributed by atoms with Gasteiger partial charge in [0.05, 0.1) is 12.3 Å². The topological polar surface area (TPSA) is 84.0 Å². The van der Waals surface area contributed by atoms with Crippen molar-refractivity contribution < 1.29 is 4.74 Å². The average Bonchev–Trinajstić information content (AvgIpc) is 2.56. The number of nitrogen functional groups attached to an aromatic ring is 1. The molecule has 0 aliphatic carbocycles. The molecular weight excluding hydrogens is 288 g/mol. The van der Waals surface area contributed by atoms with E-state index in [0.29, 0.717) is 29.6 Å². The lowest BCUT2D eigenvalue weighted by Crippen LogP contribution is -2.08. The summed E-state index contributed by atoms with van der Waals surface area (Å²) in [6.07, 6.45) is 3.19. The fourth-order valence-corrected chi connectivity index (χ4v) is 2.30. The van der Waals surface area contributed by atoms with E-state index >= 15 is 0 Å². The first-order valence-corrected chi connectivity index (χ1v) is 7.85. The summed E-state index contributed by atoms with van der Waals surface area (Å²) < 4.78 is 5.38. The Morgan fingerprint density at radius 2 is 2.04 bits per heavy atom. The highest BCUT2D eigenvalue weighted by Gasteiger charge is 2.11. The monoisotopic (exact) mass is 310 g/mol. The number of nitriles is 1. The molecule has 0 aliphatic heterocycles. The van der Waals surface area contributed by atoms with Crippen molar-refractivity contribution >= 4 is 11.5 Å². The molecule has 0 saturated heterocycles. The van der Waals surface area contributed by atoms with Crippen LogP contribution in [0.25, 0.3) is 0 Å². The Morgan fingerprint density at radius 1 is 1.26 bits per heavy atom. The SMILES string of the molecule is CCOc1nc(NCCCCc2ccccc2)cc(N)c1C#N. The van der Waals surface area contributed by atoms with E-state index in [2.05, 4.69) is 34.6 Å². The fraction of sp³-hybridized carbons (Fsp3) is 0.333. The van der Waals surface area contributed by atoms with Crippen LogP contribution in [-0.2, 0) is 6.42 Å². The van der Waals surface area contributed by atoms with Crippen LogP contribution < -0.4 is 15.8 Å². The molecule has 0 bridgehead atoms. The normalized spacial score (nSPS) is 10.1. The Kier molecular flexibility index (Phi) is 6.25. The summed E-state index contributed by atoms with van der Waals surface area (Å²) in [5, 5.41) is 12.3. The smallest absolute Gasteiger partial charge is 0.235 e. The number of anilines is 2. The Labute approximate surface area is 137 Å². The van der Waals surface area contributed by atoms with Crippen molar-refractivity contribution in [3.8, 4) is 11.9 Å². The van der Waals surface area contributed by atoms with Crippen molar-refractivity contribution in [2.75, 3.05) is 24.2 Å². The van der Waals surface area contributed by atoms with Crippen LogP contribution in [0.5, 0.6) is 5.88 Å². The summed E-state index contributed by atoms with van der Waals surface area (Å²) in [6, 6.07) is 14.1. The molecule has 1 aromatic carbocycles. The standard InChI is InChI=1S/C18H22N4O/c1-2-23-18-15(13-19)16(20)12-17(22-18)21-11-7-6-10-14-8-4-3-5-9-14/h3-5,8-9,12H,2,6-7,10-11H2,1H3,(H3,20,21,22). The van der Waals surface area contributed by atoms with Gasteiger partial charge < -0.3 is 15.8 Å². The maximum atomic E-state index is 9.10. The molecule has 2 rings (SSSR count). The van der Waals surface area contributed by atoms with E-state index < -0.39 is 0 Å². The van der Waals surface area contributed by atoms with Gasteiger partial charge >= 0.3 is 0 Å². The van der Waals surface area contributed by atoms with Gasteiger partial charge in [0.1, 0.15) is 17.5 Å². The lowest BCUT2D eigenvalue weighted by molar-refractivity contribution is 0.326. The maximum Gasteiger partial charge on any atom is 0.235 e. The lowest BCUT2D eigenvalue weighted by atomic mass is 10.1. The number of nitrogens with two attached hydrogens (primary N) is 1. The van der Waals surface area contributed by atoms with Crippen molar-refractivity contribution in [2.45, 2.75) is 26.2 Å². The van der Waals surface area contributed by atoms with Gasteiger partial charge in [-0.3, -0.25) is 0 Å². The number of pyridine rings is 1. The maximum absolute atomic E-state index is 9.10. The van der Waals surface area contributed by atoms with Crippen molar-refractivity contribution in [1.82, 2.24) is 4.98 Å². The number of aryl methyl sites for hydroxylation is 1. The van der Waals surface area contributed by atoms with E-state index in [-0.39, 0.29) is 0 Å². The quantitative estimate of drug-likeness (QED) is 0.730. The van der Waals surface area contributed by atoms with E-state index in [1.165, 1.54) is 5.56 Å². The summed E-state index contributed by atoms with van der Waals surface area (Å²) in [5.74, 6) is 0.937. The number of rotatable bonds is 8. The second-order valence-electron chi connectivity index (χ2n) is 5.19. The van der Waals surface area contributed by atoms with Crippen LogP contribution in [0.1, 0.15) is 30.9 Å². The number of aromatic nitrogens is 1. The first kappa shape index (κ1) is 16.6. The molecule has 0 spiro atoms. The summed E-state index contributed by atoms with van der Waals surface area (Å²) >= 11 is 0. The summed E-state index contributed by atoms with van der Waals surface area (Å²) in [7, 11) is 0. The zero-order valence-corrected chi connectivity index (χ0v) is 13.4. The third kappa shape index (κ3) is 4.89. The molecule has 0 aliphatic rings. The van der Waals surface area contributed by atoms with E-state index in [4.69, 9.17) is 15.7 Å². The average molecular weight is 310 g/mol. The van der Waals surface area contributed by atoms with E-state index in [1.54, 1.807) is 6.07 Å². The molecule has 23 heavy (non-hydrogen) atoms. The first-order valence-electron chi connectivity index (χ1n) is 7.85. The lowest BCUT2D eigenvalue weighted by Gasteiger charge is -2.11. The van der Waals surface area contributed by atoms with Crippen LogP contribution in [0.2, 0.25) is 0 Å². The number of nitrogens with zero attached hydrogens (tertiary/aromatic N) is 2. The van der Waals surface area contributed by atoms with Gasteiger partial charge in [-0.1, -0.05) is 30.3 Å². The minimum absolute atomic E-state index is 0.293. The second-order valence-corrected chi connectivity index (χ2v) is 5.19. The van der Waals surface area contributed by atoms with Crippen molar-refractivity contribution in [1.29, 1.82) is 5.26 Å². The van der Waals surface area contributed by atoms with Crippen molar-refractivity contribution in [3.63, 3.8) is 0 Å². The molecule has 0 atom stereocenters. The molecule has 0 unspecified atom stereocenters. The Balaban J connectivity index is 1.85. The van der Waals surface area contributed by atoms with Crippen LogP contribution in [0, 0.1) is 11.3 Å².